The van der Waals surface area contributed by atoms with E-state index < -0.39 is 13.0 Å². The number of alkyl halides is 2. The topological polar surface area (TPSA) is 35.6 Å². The van der Waals surface area contributed by atoms with Crippen molar-refractivity contribution in [1.29, 1.82) is 0 Å². The maximum atomic E-state index is 12.4. The summed E-state index contributed by atoms with van der Waals surface area (Å²) in [4.78, 5) is 17.3. The number of amides is 1. The zero-order valence-electron chi connectivity index (χ0n) is 16.5. The van der Waals surface area contributed by atoms with Gasteiger partial charge in [-0.3, -0.25) is 14.6 Å². The Morgan fingerprint density at radius 3 is 2.32 bits per heavy atom. The number of halogens is 2. The first-order valence-electron chi connectivity index (χ1n) is 10.7. The van der Waals surface area contributed by atoms with Gasteiger partial charge < -0.3 is 5.32 Å². The van der Waals surface area contributed by atoms with E-state index in [0.29, 0.717) is 18.6 Å². The monoisotopic (exact) mass is 391 g/mol. The summed E-state index contributed by atoms with van der Waals surface area (Å²) in [6, 6.07) is 9.94. The first kappa shape index (κ1) is 19.8. The van der Waals surface area contributed by atoms with Gasteiger partial charge >= 0.3 is 0 Å². The second kappa shape index (κ2) is 8.87. The highest BCUT2D eigenvalue weighted by atomic mass is 19.3. The molecular formula is C22H31F2N3O. The van der Waals surface area contributed by atoms with Gasteiger partial charge in [0.05, 0.1) is 12.5 Å². The van der Waals surface area contributed by atoms with Crippen LogP contribution in [0.1, 0.15) is 36.8 Å². The van der Waals surface area contributed by atoms with Crippen molar-refractivity contribution in [3.8, 4) is 0 Å². The molecule has 0 bridgehead atoms. The van der Waals surface area contributed by atoms with Crippen LogP contribution in [0.25, 0.3) is 0 Å². The fraction of sp³-hybridized carbons (Fsp3) is 0.682. The highest BCUT2D eigenvalue weighted by Gasteiger charge is 2.34. The molecule has 0 spiro atoms. The summed E-state index contributed by atoms with van der Waals surface area (Å²) in [5.41, 5.74) is 3.01. The summed E-state index contributed by atoms with van der Waals surface area (Å²) >= 11 is 0. The van der Waals surface area contributed by atoms with Crippen molar-refractivity contribution in [3.05, 3.63) is 35.4 Å². The number of nitrogens with one attached hydrogen (secondary N) is 1. The van der Waals surface area contributed by atoms with E-state index in [4.69, 9.17) is 0 Å². The lowest BCUT2D eigenvalue weighted by Gasteiger charge is -2.43. The predicted octanol–water partition coefficient (Wildman–Crippen LogP) is 2.71. The van der Waals surface area contributed by atoms with Gasteiger partial charge in [0.1, 0.15) is 0 Å². The fourth-order valence-corrected chi connectivity index (χ4v) is 5.28. The molecule has 0 saturated carbocycles. The van der Waals surface area contributed by atoms with Crippen molar-refractivity contribution in [2.24, 2.45) is 5.92 Å². The van der Waals surface area contributed by atoms with Gasteiger partial charge in [0.25, 0.3) is 6.43 Å². The highest BCUT2D eigenvalue weighted by Crippen LogP contribution is 2.29. The zero-order chi connectivity index (χ0) is 19.5. The van der Waals surface area contributed by atoms with E-state index in [1.54, 1.807) is 0 Å². The molecule has 1 aromatic rings. The van der Waals surface area contributed by atoms with Crippen molar-refractivity contribution in [1.82, 2.24) is 15.1 Å². The Kier molecular flexibility index (Phi) is 6.26. The van der Waals surface area contributed by atoms with Crippen LogP contribution < -0.4 is 5.32 Å². The third-order valence-electron chi connectivity index (χ3n) is 6.82. The first-order valence-corrected chi connectivity index (χ1v) is 10.7. The quantitative estimate of drug-likeness (QED) is 0.838. The number of carbonyl (C=O) groups excluding carboxylic acids is 1. The maximum Gasteiger partial charge on any atom is 0.255 e. The number of hydrogen-bond acceptors (Lipinski definition) is 3. The molecule has 1 N–H and O–H groups in total. The first-order chi connectivity index (χ1) is 13.6. The SMILES string of the molecule is O=C(NCC(F)F)[C@@H]1CCCN(C2CCN(C3Cc4ccccc4C3)CC2)C1. The third kappa shape index (κ3) is 4.54. The Hall–Kier alpha value is -1.53. The van der Waals surface area contributed by atoms with E-state index >= 15 is 0 Å². The lowest BCUT2D eigenvalue weighted by molar-refractivity contribution is -0.127. The van der Waals surface area contributed by atoms with E-state index in [1.807, 2.05) is 0 Å². The van der Waals surface area contributed by atoms with Crippen LogP contribution in [-0.2, 0) is 17.6 Å². The predicted molar refractivity (Wildman–Crippen MR) is 106 cm³/mol. The summed E-state index contributed by atoms with van der Waals surface area (Å²) in [6.45, 7) is 3.44. The molecule has 2 heterocycles. The van der Waals surface area contributed by atoms with E-state index in [1.165, 1.54) is 11.1 Å². The van der Waals surface area contributed by atoms with Crippen LogP contribution in [0.5, 0.6) is 0 Å². The standard InChI is InChI=1S/C22H31F2N3O/c23-21(24)14-25-22(28)18-6-3-9-27(15-18)19-7-10-26(11-8-19)20-12-16-4-1-2-5-17(16)13-20/h1-2,4-5,18-21H,3,6-15H2,(H,25,28)/t18-/m1/s1. The summed E-state index contributed by atoms with van der Waals surface area (Å²) in [5, 5.41) is 2.40. The van der Waals surface area contributed by atoms with E-state index in [9.17, 15) is 13.6 Å². The molecule has 4 nitrogen and oxygen atoms in total. The van der Waals surface area contributed by atoms with Gasteiger partial charge in [-0.2, -0.15) is 0 Å². The number of piperidine rings is 2. The minimum atomic E-state index is -2.48. The van der Waals surface area contributed by atoms with Gasteiger partial charge in [-0.05, 0) is 69.3 Å². The van der Waals surface area contributed by atoms with Crippen LogP contribution in [0.4, 0.5) is 8.78 Å². The summed E-state index contributed by atoms with van der Waals surface area (Å²) in [7, 11) is 0. The summed E-state index contributed by atoms with van der Waals surface area (Å²) in [5.74, 6) is -0.346. The zero-order valence-corrected chi connectivity index (χ0v) is 16.5. The number of benzene rings is 1. The molecule has 1 aromatic carbocycles. The molecule has 1 aliphatic carbocycles. The number of fused-ring (bicyclic) bond motifs is 1. The second-order valence-corrected chi connectivity index (χ2v) is 8.57. The van der Waals surface area contributed by atoms with Gasteiger partial charge in [0, 0.05) is 18.6 Å². The fourth-order valence-electron chi connectivity index (χ4n) is 5.28. The van der Waals surface area contributed by atoms with Crippen molar-refractivity contribution < 1.29 is 13.6 Å². The van der Waals surface area contributed by atoms with E-state index in [-0.39, 0.29) is 11.8 Å². The molecular weight excluding hydrogens is 360 g/mol. The summed E-state index contributed by atoms with van der Waals surface area (Å²) in [6.07, 6.45) is 3.91. The van der Waals surface area contributed by atoms with Gasteiger partial charge in [-0.1, -0.05) is 24.3 Å². The Balaban J connectivity index is 1.25. The van der Waals surface area contributed by atoms with Gasteiger partial charge in [-0.25, -0.2) is 8.78 Å². The minimum absolute atomic E-state index is 0.144. The molecule has 6 heteroatoms. The number of nitrogens with zero attached hydrogens (tertiary/aromatic N) is 2. The normalized spacial score (nSPS) is 25.2. The Morgan fingerprint density at radius 2 is 1.68 bits per heavy atom. The lowest BCUT2D eigenvalue weighted by Crippen LogP contribution is -2.52. The number of likely N-dealkylation sites (tertiary alicyclic amines) is 2. The van der Waals surface area contributed by atoms with Gasteiger partial charge in [-0.15, -0.1) is 0 Å². The second-order valence-electron chi connectivity index (χ2n) is 8.57. The molecule has 0 aromatic heterocycles. The van der Waals surface area contributed by atoms with Crippen LogP contribution in [0, 0.1) is 5.92 Å². The van der Waals surface area contributed by atoms with E-state index in [0.717, 1.165) is 58.2 Å². The molecule has 2 saturated heterocycles. The average molecular weight is 392 g/mol. The molecule has 28 heavy (non-hydrogen) atoms. The molecule has 4 rings (SSSR count). The largest absolute Gasteiger partial charge is 0.350 e. The van der Waals surface area contributed by atoms with Crippen LogP contribution in [-0.4, -0.2) is 66.9 Å². The van der Waals surface area contributed by atoms with Crippen LogP contribution >= 0.6 is 0 Å². The molecule has 2 aliphatic heterocycles. The number of rotatable bonds is 5. The Labute approximate surface area is 166 Å². The molecule has 2 fully saturated rings. The third-order valence-corrected chi connectivity index (χ3v) is 6.82. The molecule has 1 amide bonds. The number of carbonyl (C=O) groups is 1. The Bertz CT molecular complexity index is 651. The van der Waals surface area contributed by atoms with E-state index in [2.05, 4.69) is 39.4 Å². The van der Waals surface area contributed by atoms with Crippen molar-refractivity contribution in [3.63, 3.8) is 0 Å². The Morgan fingerprint density at radius 1 is 1.00 bits per heavy atom. The van der Waals surface area contributed by atoms with Gasteiger partial charge in [0.2, 0.25) is 5.91 Å². The maximum absolute atomic E-state index is 12.4. The molecule has 1 atom stereocenters. The van der Waals surface area contributed by atoms with Crippen molar-refractivity contribution in [2.45, 2.75) is 57.0 Å². The average Bonchev–Trinajstić information content (AvgIpc) is 3.16. The smallest absolute Gasteiger partial charge is 0.255 e. The highest BCUT2D eigenvalue weighted by molar-refractivity contribution is 5.79. The molecule has 154 valence electrons. The number of hydrogen-bond donors (Lipinski definition) is 1. The van der Waals surface area contributed by atoms with Crippen LogP contribution in [0.15, 0.2) is 24.3 Å². The van der Waals surface area contributed by atoms with Crippen molar-refractivity contribution >= 4 is 5.91 Å². The van der Waals surface area contributed by atoms with Crippen LogP contribution in [0.3, 0.4) is 0 Å². The molecule has 0 radical (unpaired) electrons. The minimum Gasteiger partial charge on any atom is -0.350 e. The summed E-state index contributed by atoms with van der Waals surface area (Å²) < 4.78 is 24.7. The molecule has 3 aliphatic rings. The van der Waals surface area contributed by atoms with Crippen LogP contribution in [0.2, 0.25) is 0 Å². The van der Waals surface area contributed by atoms with Gasteiger partial charge in [0.15, 0.2) is 0 Å². The van der Waals surface area contributed by atoms with Crippen molar-refractivity contribution in [2.75, 3.05) is 32.7 Å². The molecule has 0 unspecified atom stereocenters. The lowest BCUT2D eigenvalue weighted by atomic mass is 9.92.